The number of hydrogen-bond acceptors (Lipinski definition) is 6. The molecule has 0 radical (unpaired) electrons. The molecule has 1 amide bonds. The molecule has 0 aliphatic rings. The van der Waals surface area contributed by atoms with Crippen molar-refractivity contribution >= 4 is 13.7 Å². The zero-order valence-electron chi connectivity index (χ0n) is 47.9. The lowest BCUT2D eigenvalue weighted by atomic mass is 10.0. The van der Waals surface area contributed by atoms with E-state index in [1.54, 1.807) is 6.08 Å². The summed E-state index contributed by atoms with van der Waals surface area (Å²) in [6.45, 7) is 4.67. The highest BCUT2D eigenvalue weighted by Gasteiger charge is 2.23. The molecule has 0 saturated heterocycles. The van der Waals surface area contributed by atoms with Gasteiger partial charge in [-0.05, 0) is 57.8 Å². The van der Waals surface area contributed by atoms with Gasteiger partial charge in [-0.1, -0.05) is 275 Å². The van der Waals surface area contributed by atoms with Gasteiger partial charge in [0.1, 0.15) is 13.2 Å². The zero-order chi connectivity index (χ0) is 52.0. The van der Waals surface area contributed by atoms with Crippen LogP contribution in [-0.2, 0) is 18.4 Å². The van der Waals surface area contributed by atoms with E-state index >= 15 is 0 Å². The summed E-state index contributed by atoms with van der Waals surface area (Å²) in [5.41, 5.74) is 0. The molecule has 420 valence electrons. The summed E-state index contributed by atoms with van der Waals surface area (Å²) in [7, 11) is 1.25. The lowest BCUT2D eigenvalue weighted by molar-refractivity contribution is -0.870. The molecule has 71 heavy (non-hydrogen) atoms. The van der Waals surface area contributed by atoms with Crippen molar-refractivity contribution in [3.8, 4) is 0 Å². The molecule has 0 fully saturated rings. The summed E-state index contributed by atoms with van der Waals surface area (Å²) in [6, 6.07) is -0.904. The van der Waals surface area contributed by atoms with Crippen LogP contribution in [0.15, 0.2) is 36.5 Å². The molecule has 0 aromatic carbocycles. The Labute approximate surface area is 442 Å². The summed E-state index contributed by atoms with van der Waals surface area (Å²) in [5.74, 6) is -0.204. The average molecular weight is 1020 g/mol. The maximum atomic E-state index is 13.0. The molecule has 0 bridgehead atoms. The summed E-state index contributed by atoms with van der Waals surface area (Å²) in [6.07, 6.45) is 69.5. The van der Waals surface area contributed by atoms with Gasteiger partial charge in [-0.2, -0.15) is 0 Å². The van der Waals surface area contributed by atoms with Crippen LogP contribution in [0, 0.1) is 0 Å². The minimum absolute atomic E-state index is 0.00556. The molecule has 0 aromatic rings. The van der Waals surface area contributed by atoms with Crippen molar-refractivity contribution < 1.29 is 32.9 Å². The number of likely N-dealkylation sites (N-methyl/N-ethyl adjacent to an activating group) is 1. The largest absolute Gasteiger partial charge is 0.756 e. The van der Waals surface area contributed by atoms with Crippen molar-refractivity contribution in [2.45, 2.75) is 315 Å². The minimum atomic E-state index is -4.61. The predicted octanol–water partition coefficient (Wildman–Crippen LogP) is 18.3. The van der Waals surface area contributed by atoms with E-state index in [1.165, 1.54) is 244 Å². The monoisotopic (exact) mass is 1020 g/mol. The second-order valence-electron chi connectivity index (χ2n) is 22.4. The molecule has 3 unspecified atom stereocenters. The van der Waals surface area contributed by atoms with Crippen molar-refractivity contribution in [3.05, 3.63) is 36.5 Å². The quantitative estimate of drug-likeness (QED) is 0.0272. The number of nitrogens with zero attached hydrogens (tertiary/aromatic N) is 1. The fourth-order valence-corrected chi connectivity index (χ4v) is 9.95. The Balaban J connectivity index is 4.18. The van der Waals surface area contributed by atoms with Crippen LogP contribution in [0.3, 0.4) is 0 Å². The maximum absolute atomic E-state index is 13.0. The number of rotatable bonds is 57. The van der Waals surface area contributed by atoms with Gasteiger partial charge in [-0.3, -0.25) is 9.36 Å². The molecular weight excluding hydrogens is 900 g/mol. The van der Waals surface area contributed by atoms with Gasteiger partial charge in [-0.25, -0.2) is 0 Å². The van der Waals surface area contributed by atoms with E-state index in [-0.39, 0.29) is 12.5 Å². The van der Waals surface area contributed by atoms with Gasteiger partial charge in [0.2, 0.25) is 5.91 Å². The first-order chi connectivity index (χ1) is 34.5. The number of aliphatic hydroxyl groups excluding tert-OH is 1. The Morgan fingerprint density at radius 1 is 0.479 bits per heavy atom. The number of phosphoric ester groups is 1. The Hall–Kier alpha value is -1.28. The number of amides is 1. The number of hydrogen-bond donors (Lipinski definition) is 2. The first kappa shape index (κ1) is 69.7. The van der Waals surface area contributed by atoms with Crippen LogP contribution in [-0.4, -0.2) is 68.5 Å². The summed E-state index contributed by atoms with van der Waals surface area (Å²) >= 11 is 0. The van der Waals surface area contributed by atoms with Gasteiger partial charge in [0.05, 0.1) is 39.9 Å². The lowest BCUT2D eigenvalue weighted by Crippen LogP contribution is -2.45. The van der Waals surface area contributed by atoms with Crippen LogP contribution < -0.4 is 10.2 Å². The normalized spacial score (nSPS) is 14.1. The summed E-state index contributed by atoms with van der Waals surface area (Å²) in [4.78, 5) is 25.5. The minimum Gasteiger partial charge on any atom is -0.756 e. The van der Waals surface area contributed by atoms with E-state index in [1.807, 2.05) is 27.2 Å². The molecule has 9 heteroatoms. The third-order valence-corrected chi connectivity index (χ3v) is 15.0. The van der Waals surface area contributed by atoms with Gasteiger partial charge in [0.25, 0.3) is 7.82 Å². The first-order valence-electron chi connectivity index (χ1n) is 30.9. The molecule has 0 aromatic heterocycles. The standard InChI is InChI=1S/C62H121N2O6P/c1-6-8-10-12-14-16-18-20-22-24-26-28-30-31-32-33-34-36-38-40-42-44-46-48-50-52-54-56-62(66)63-60(59-70-71(67,68)69-58-57-64(3,4)5)61(65)55-53-51-49-47-45-43-41-39-37-35-29-27-25-23-21-19-17-15-13-11-9-7-2/h31-32,45,47,53,55,60-61,65H,6-30,33-44,46,48-52,54,56-59H2,1-5H3,(H-,63,66,67,68)/b32-31-,47-45+,55-53+. The second-order valence-corrected chi connectivity index (χ2v) is 23.8. The van der Waals surface area contributed by atoms with Crippen molar-refractivity contribution in [1.82, 2.24) is 5.32 Å². The van der Waals surface area contributed by atoms with E-state index < -0.39 is 26.6 Å². The van der Waals surface area contributed by atoms with Crippen LogP contribution in [0.4, 0.5) is 0 Å². The van der Waals surface area contributed by atoms with Crippen molar-refractivity contribution in [2.24, 2.45) is 0 Å². The molecule has 0 aliphatic carbocycles. The van der Waals surface area contributed by atoms with E-state index in [9.17, 15) is 19.4 Å². The fraction of sp³-hybridized carbons (Fsp3) is 0.887. The Kier molecular flexibility index (Phi) is 52.6. The van der Waals surface area contributed by atoms with Crippen molar-refractivity contribution in [3.63, 3.8) is 0 Å². The van der Waals surface area contributed by atoms with Gasteiger partial charge < -0.3 is 28.8 Å². The van der Waals surface area contributed by atoms with E-state index in [0.29, 0.717) is 17.4 Å². The smallest absolute Gasteiger partial charge is 0.268 e. The van der Waals surface area contributed by atoms with Crippen LogP contribution >= 0.6 is 7.82 Å². The maximum Gasteiger partial charge on any atom is 0.268 e. The van der Waals surface area contributed by atoms with E-state index in [0.717, 1.165) is 38.5 Å². The molecule has 0 spiro atoms. The van der Waals surface area contributed by atoms with Crippen molar-refractivity contribution in [1.29, 1.82) is 0 Å². The molecule has 2 N–H and O–H groups in total. The Morgan fingerprint density at radius 3 is 1.14 bits per heavy atom. The molecule has 0 aliphatic heterocycles. The number of quaternary nitrogens is 1. The number of aliphatic hydroxyl groups is 1. The molecule has 3 atom stereocenters. The summed E-state index contributed by atoms with van der Waals surface area (Å²) < 4.78 is 23.4. The van der Waals surface area contributed by atoms with Gasteiger partial charge >= 0.3 is 0 Å². The average Bonchev–Trinajstić information content (AvgIpc) is 3.33. The third-order valence-electron chi connectivity index (χ3n) is 14.1. The van der Waals surface area contributed by atoms with Crippen LogP contribution in [0.25, 0.3) is 0 Å². The number of carbonyl (C=O) groups is 1. The van der Waals surface area contributed by atoms with Crippen LogP contribution in [0.1, 0.15) is 303 Å². The van der Waals surface area contributed by atoms with Crippen molar-refractivity contribution in [2.75, 3.05) is 40.9 Å². The molecule has 0 heterocycles. The van der Waals surface area contributed by atoms with Crippen LogP contribution in [0.5, 0.6) is 0 Å². The van der Waals surface area contributed by atoms with Gasteiger partial charge in [0, 0.05) is 6.42 Å². The molecular formula is C62H121N2O6P. The number of allylic oxidation sites excluding steroid dienone is 5. The molecule has 8 nitrogen and oxygen atoms in total. The highest BCUT2D eigenvalue weighted by atomic mass is 31.2. The SMILES string of the molecule is CCCCCCCCCCCCCC/C=C\CCCCCCCCCCCCCC(=O)NC(COP(=O)([O-])OCC[N+](C)(C)C)C(O)/C=C/CC/C=C/CCCCCCCCCCCCCCCCCC. The zero-order valence-corrected chi connectivity index (χ0v) is 48.8. The van der Waals surface area contributed by atoms with Gasteiger partial charge in [-0.15, -0.1) is 0 Å². The predicted molar refractivity (Wildman–Crippen MR) is 307 cm³/mol. The highest BCUT2D eigenvalue weighted by Crippen LogP contribution is 2.38. The number of nitrogens with one attached hydrogen (secondary N) is 1. The summed E-state index contributed by atoms with van der Waals surface area (Å²) in [5, 5.41) is 13.9. The van der Waals surface area contributed by atoms with E-state index in [4.69, 9.17) is 9.05 Å². The Morgan fingerprint density at radius 2 is 0.789 bits per heavy atom. The number of unbranched alkanes of at least 4 members (excludes halogenated alkanes) is 40. The second kappa shape index (κ2) is 53.5. The number of phosphoric acid groups is 1. The Bertz CT molecular complexity index is 1250. The fourth-order valence-electron chi connectivity index (χ4n) is 9.23. The highest BCUT2D eigenvalue weighted by molar-refractivity contribution is 7.45. The molecule has 0 rings (SSSR count). The van der Waals surface area contributed by atoms with E-state index in [2.05, 4.69) is 43.5 Å². The lowest BCUT2D eigenvalue weighted by Gasteiger charge is -2.29. The number of carbonyl (C=O) groups excluding carboxylic acids is 1. The van der Waals surface area contributed by atoms with Crippen LogP contribution in [0.2, 0.25) is 0 Å². The van der Waals surface area contributed by atoms with Gasteiger partial charge in [0.15, 0.2) is 0 Å². The topological polar surface area (TPSA) is 108 Å². The first-order valence-corrected chi connectivity index (χ1v) is 32.3. The third kappa shape index (κ3) is 56.3. The molecule has 0 saturated carbocycles.